The van der Waals surface area contributed by atoms with Crippen molar-refractivity contribution in [3.63, 3.8) is 0 Å². The number of hydrogen-bond acceptors (Lipinski definition) is 2. The number of aromatic nitrogens is 2. The standard InChI is InChI=1S/C62H48N2/c1-5-16-42(17-6-1)57-36-48(37-58(63-57)43-18-7-2-8-19-43)46-33-47(49-38-59(44-20-9-3-10-21-44)64-60(39-49)45-22-11-4-12-23-45)35-50(34-46)53-25-15-27-56-61(53)54-24-13-14-26-55(54)62(56)51-29-40-28-41(31-51)32-52(62)30-40/h1-27,33-41,51-52H,28-32H2. The Balaban J connectivity index is 1.07. The zero-order valence-electron chi connectivity index (χ0n) is 35.9. The van der Waals surface area contributed by atoms with Crippen LogP contribution < -0.4 is 0 Å². The van der Waals surface area contributed by atoms with Gasteiger partial charge in [-0.05, 0) is 154 Å². The molecule has 0 radical (unpaired) electrons. The fraction of sp³-hybridized carbons (Fsp3) is 0.161. The summed E-state index contributed by atoms with van der Waals surface area (Å²) in [7, 11) is 0. The first kappa shape index (κ1) is 37.4. The highest BCUT2D eigenvalue weighted by molar-refractivity contribution is 5.96. The van der Waals surface area contributed by atoms with Gasteiger partial charge in [0.05, 0.1) is 22.8 Å². The summed E-state index contributed by atoms with van der Waals surface area (Å²) < 4.78 is 0. The lowest BCUT2D eigenvalue weighted by Crippen LogP contribution is -2.55. The Morgan fingerprint density at radius 3 is 1.11 bits per heavy atom. The minimum absolute atomic E-state index is 0.0936. The minimum Gasteiger partial charge on any atom is -0.248 e. The van der Waals surface area contributed by atoms with Crippen LogP contribution in [0.3, 0.4) is 0 Å². The molecule has 2 nitrogen and oxygen atoms in total. The first-order valence-corrected chi connectivity index (χ1v) is 23.3. The van der Waals surface area contributed by atoms with Crippen molar-refractivity contribution in [2.45, 2.75) is 37.5 Å². The summed E-state index contributed by atoms with van der Waals surface area (Å²) in [6.45, 7) is 0. The van der Waals surface area contributed by atoms with Gasteiger partial charge in [0.25, 0.3) is 0 Å². The topological polar surface area (TPSA) is 25.8 Å². The van der Waals surface area contributed by atoms with E-state index in [1.165, 1.54) is 54.4 Å². The third-order valence-electron chi connectivity index (χ3n) is 15.4. The van der Waals surface area contributed by atoms with Crippen LogP contribution in [0.15, 0.2) is 206 Å². The summed E-state index contributed by atoms with van der Waals surface area (Å²) in [4.78, 5) is 10.6. The molecule has 7 aromatic carbocycles. The van der Waals surface area contributed by atoms with Crippen LogP contribution in [0.25, 0.3) is 89.5 Å². The SMILES string of the molecule is c1ccc(-c2cc(-c3cc(-c4cc(-c5ccccc5)nc(-c5ccccc5)c4)cc(-c4cccc5c4-c4ccccc4C54C5CC6CC(C5)CC4C6)c3)cc(-c3ccccc3)n2)cc1. The first-order valence-electron chi connectivity index (χ1n) is 23.3. The monoisotopic (exact) mass is 820 g/mol. The van der Waals surface area contributed by atoms with E-state index in [9.17, 15) is 0 Å². The molecule has 2 heterocycles. The molecule has 306 valence electrons. The Hall–Kier alpha value is -7.16. The van der Waals surface area contributed by atoms with E-state index >= 15 is 0 Å². The molecule has 4 bridgehead atoms. The molecule has 5 aliphatic carbocycles. The van der Waals surface area contributed by atoms with E-state index < -0.39 is 0 Å². The Bertz CT molecular complexity index is 2920. The fourth-order valence-electron chi connectivity index (χ4n) is 13.0. The second kappa shape index (κ2) is 15.0. The van der Waals surface area contributed by atoms with E-state index in [0.29, 0.717) is 11.8 Å². The molecular formula is C62H48N2. The van der Waals surface area contributed by atoms with Gasteiger partial charge in [-0.25, -0.2) is 9.97 Å². The summed E-state index contributed by atoms with van der Waals surface area (Å²) in [5.74, 6) is 3.21. The zero-order chi connectivity index (χ0) is 42.2. The zero-order valence-corrected chi connectivity index (χ0v) is 35.9. The quantitative estimate of drug-likeness (QED) is 0.160. The molecule has 0 atom stereocenters. The second-order valence-corrected chi connectivity index (χ2v) is 19.0. The lowest BCUT2D eigenvalue weighted by atomic mass is 9.43. The number of benzene rings is 7. The highest BCUT2D eigenvalue weighted by Crippen LogP contribution is 2.70. The molecule has 4 fully saturated rings. The predicted octanol–water partition coefficient (Wildman–Crippen LogP) is 15.9. The van der Waals surface area contributed by atoms with Crippen LogP contribution in [0, 0.1) is 23.7 Å². The maximum absolute atomic E-state index is 5.30. The summed E-state index contributed by atoms with van der Waals surface area (Å²) in [5, 5.41) is 0. The van der Waals surface area contributed by atoms with Crippen molar-refractivity contribution in [2.75, 3.05) is 0 Å². The van der Waals surface area contributed by atoms with Crippen molar-refractivity contribution in [2.24, 2.45) is 23.7 Å². The fourth-order valence-corrected chi connectivity index (χ4v) is 13.0. The molecule has 2 aromatic heterocycles. The Morgan fingerprint density at radius 2 is 0.656 bits per heavy atom. The van der Waals surface area contributed by atoms with Crippen molar-refractivity contribution >= 4 is 0 Å². The largest absolute Gasteiger partial charge is 0.248 e. The molecule has 64 heavy (non-hydrogen) atoms. The lowest BCUT2D eigenvalue weighted by molar-refractivity contribution is -0.0399. The average Bonchev–Trinajstić information content (AvgIpc) is 3.67. The molecular weight excluding hydrogens is 773 g/mol. The molecule has 0 saturated heterocycles. The van der Waals surface area contributed by atoms with Crippen LogP contribution in [0.2, 0.25) is 0 Å². The Morgan fingerprint density at radius 1 is 0.297 bits per heavy atom. The van der Waals surface area contributed by atoms with Crippen LogP contribution in [-0.2, 0) is 5.41 Å². The highest BCUT2D eigenvalue weighted by Gasteiger charge is 2.61. The van der Waals surface area contributed by atoms with E-state index in [-0.39, 0.29) is 5.41 Å². The summed E-state index contributed by atoms with van der Waals surface area (Å²) in [6, 6.07) is 75.8. The van der Waals surface area contributed by atoms with E-state index in [1.54, 1.807) is 11.1 Å². The van der Waals surface area contributed by atoms with Gasteiger partial charge >= 0.3 is 0 Å². The van der Waals surface area contributed by atoms with Crippen molar-refractivity contribution in [1.29, 1.82) is 0 Å². The molecule has 0 unspecified atom stereocenters. The van der Waals surface area contributed by atoms with E-state index in [0.717, 1.165) is 79.1 Å². The Labute approximate surface area is 376 Å². The van der Waals surface area contributed by atoms with Gasteiger partial charge in [-0.15, -0.1) is 0 Å². The summed E-state index contributed by atoms with van der Waals surface area (Å²) in [5.41, 5.74) is 21.6. The number of rotatable bonds is 7. The molecule has 0 amide bonds. The third kappa shape index (κ3) is 6.07. The predicted molar refractivity (Wildman–Crippen MR) is 263 cm³/mol. The van der Waals surface area contributed by atoms with E-state index in [4.69, 9.17) is 9.97 Å². The summed E-state index contributed by atoms with van der Waals surface area (Å²) >= 11 is 0. The van der Waals surface area contributed by atoms with Crippen molar-refractivity contribution in [3.05, 3.63) is 217 Å². The van der Waals surface area contributed by atoms with Crippen LogP contribution in [0.5, 0.6) is 0 Å². The van der Waals surface area contributed by atoms with Gasteiger partial charge in [0.1, 0.15) is 0 Å². The van der Waals surface area contributed by atoms with Crippen LogP contribution in [0.4, 0.5) is 0 Å². The molecule has 0 aliphatic heterocycles. The molecule has 9 aromatic rings. The highest BCUT2D eigenvalue weighted by atomic mass is 14.7. The van der Waals surface area contributed by atoms with Crippen molar-refractivity contribution < 1.29 is 0 Å². The molecule has 1 spiro atoms. The van der Waals surface area contributed by atoms with Gasteiger partial charge in [0.2, 0.25) is 0 Å². The Kier molecular flexibility index (Phi) is 8.76. The number of nitrogens with zero attached hydrogens (tertiary/aromatic N) is 2. The number of fused-ring (bicyclic) bond motifs is 3. The van der Waals surface area contributed by atoms with Gasteiger partial charge in [-0.2, -0.15) is 0 Å². The molecule has 2 heteroatoms. The molecule has 5 aliphatic rings. The maximum Gasteiger partial charge on any atom is 0.0715 e. The first-order chi connectivity index (χ1) is 31.7. The van der Waals surface area contributed by atoms with Crippen molar-refractivity contribution in [3.8, 4) is 89.5 Å². The van der Waals surface area contributed by atoms with Gasteiger partial charge < -0.3 is 0 Å². The van der Waals surface area contributed by atoms with Crippen LogP contribution >= 0.6 is 0 Å². The maximum atomic E-state index is 5.30. The number of hydrogen-bond donors (Lipinski definition) is 0. The van der Waals surface area contributed by atoms with Gasteiger partial charge in [0, 0.05) is 27.7 Å². The van der Waals surface area contributed by atoms with Crippen LogP contribution in [0.1, 0.15) is 43.2 Å². The summed E-state index contributed by atoms with van der Waals surface area (Å²) in [6.07, 6.45) is 6.93. The normalized spacial score (nSPS) is 21.2. The van der Waals surface area contributed by atoms with Gasteiger partial charge in [-0.3, -0.25) is 0 Å². The van der Waals surface area contributed by atoms with Crippen LogP contribution in [-0.4, -0.2) is 9.97 Å². The second-order valence-electron chi connectivity index (χ2n) is 19.0. The van der Waals surface area contributed by atoms with Gasteiger partial charge in [0.15, 0.2) is 0 Å². The average molecular weight is 821 g/mol. The van der Waals surface area contributed by atoms with Crippen molar-refractivity contribution in [1.82, 2.24) is 9.97 Å². The smallest absolute Gasteiger partial charge is 0.0715 e. The van der Waals surface area contributed by atoms with Gasteiger partial charge in [-0.1, -0.05) is 164 Å². The molecule has 14 rings (SSSR count). The number of pyridine rings is 2. The third-order valence-corrected chi connectivity index (χ3v) is 15.4. The molecule has 4 saturated carbocycles. The van der Waals surface area contributed by atoms with E-state index in [2.05, 4.69) is 206 Å². The van der Waals surface area contributed by atoms with E-state index in [1.807, 2.05) is 0 Å². The minimum atomic E-state index is 0.0936. The lowest BCUT2D eigenvalue weighted by Gasteiger charge is -2.61. The molecule has 0 N–H and O–H groups in total.